The summed E-state index contributed by atoms with van der Waals surface area (Å²) in [4.78, 5) is 0. The first-order valence-corrected chi connectivity index (χ1v) is 7.13. The molecule has 0 aliphatic rings. The van der Waals surface area contributed by atoms with Gasteiger partial charge in [0.05, 0.1) is 11.7 Å². The third kappa shape index (κ3) is 3.61. The molecule has 0 spiro atoms. The Hall–Kier alpha value is -0.780. The smallest absolute Gasteiger partial charge is 0.133 e. The van der Waals surface area contributed by atoms with Gasteiger partial charge in [-0.1, -0.05) is 44.0 Å². The quantitative estimate of drug-likeness (QED) is 0.799. The minimum Gasteiger partial charge on any atom is -0.388 e. The van der Waals surface area contributed by atoms with Crippen molar-refractivity contribution in [3.8, 4) is 0 Å². The highest BCUT2D eigenvalue weighted by molar-refractivity contribution is 9.10. The van der Waals surface area contributed by atoms with E-state index in [0.717, 1.165) is 22.2 Å². The molecule has 0 aliphatic heterocycles. The van der Waals surface area contributed by atoms with Crippen LogP contribution in [0, 0.1) is 11.6 Å². The van der Waals surface area contributed by atoms with Crippen molar-refractivity contribution in [1.29, 1.82) is 0 Å². The maximum Gasteiger partial charge on any atom is 0.133 e. The van der Waals surface area contributed by atoms with Gasteiger partial charge in [0.25, 0.3) is 0 Å². The lowest BCUT2D eigenvalue weighted by Crippen LogP contribution is -2.07. The molecule has 0 fully saturated rings. The van der Waals surface area contributed by atoms with Crippen LogP contribution in [-0.4, -0.2) is 5.11 Å². The van der Waals surface area contributed by atoms with Crippen molar-refractivity contribution in [2.75, 3.05) is 0 Å². The van der Waals surface area contributed by atoms with Gasteiger partial charge in [-0.2, -0.15) is 0 Å². The molecule has 0 amide bonds. The molecule has 0 heterocycles. The maximum atomic E-state index is 13.7. The molecular weight excluding hydrogens is 382 g/mol. The van der Waals surface area contributed by atoms with Crippen LogP contribution in [-0.2, 0) is 6.42 Å². The monoisotopic (exact) mass is 390 g/mol. The van der Waals surface area contributed by atoms with Crippen molar-refractivity contribution < 1.29 is 13.9 Å². The Labute approximate surface area is 126 Å². The van der Waals surface area contributed by atoms with Crippen LogP contribution in [0.4, 0.5) is 8.78 Å². The maximum absolute atomic E-state index is 13.7. The molecule has 2 rings (SSSR count). The second-order valence-corrected chi connectivity index (χ2v) is 5.96. The first-order chi connectivity index (χ1) is 8.97. The van der Waals surface area contributed by atoms with Gasteiger partial charge < -0.3 is 5.11 Å². The van der Waals surface area contributed by atoms with Crippen molar-refractivity contribution in [2.45, 2.75) is 12.5 Å². The number of rotatable bonds is 3. The lowest BCUT2D eigenvalue weighted by molar-refractivity contribution is 0.168. The van der Waals surface area contributed by atoms with E-state index in [1.54, 1.807) is 12.1 Å². The van der Waals surface area contributed by atoms with Crippen LogP contribution in [0.1, 0.15) is 17.2 Å². The first-order valence-electron chi connectivity index (χ1n) is 5.54. The lowest BCUT2D eigenvalue weighted by Gasteiger charge is -2.13. The summed E-state index contributed by atoms with van der Waals surface area (Å²) >= 11 is 6.30. The zero-order valence-corrected chi connectivity index (χ0v) is 12.9. The molecule has 0 aliphatic carbocycles. The van der Waals surface area contributed by atoms with Crippen LogP contribution in [0.5, 0.6) is 0 Å². The van der Waals surface area contributed by atoms with Crippen LogP contribution in [0.25, 0.3) is 0 Å². The van der Waals surface area contributed by atoms with Gasteiger partial charge >= 0.3 is 0 Å². The van der Waals surface area contributed by atoms with E-state index in [9.17, 15) is 13.9 Å². The van der Waals surface area contributed by atoms with E-state index < -0.39 is 17.7 Å². The van der Waals surface area contributed by atoms with Crippen LogP contribution in [0.3, 0.4) is 0 Å². The van der Waals surface area contributed by atoms with Gasteiger partial charge in [0.15, 0.2) is 0 Å². The fraction of sp³-hybridized carbons (Fsp3) is 0.143. The molecule has 0 bridgehead atoms. The summed E-state index contributed by atoms with van der Waals surface area (Å²) in [6.45, 7) is 0. The molecule has 5 heteroatoms. The molecule has 2 aromatic rings. The largest absolute Gasteiger partial charge is 0.388 e. The zero-order chi connectivity index (χ0) is 14.0. The molecule has 0 radical (unpaired) electrons. The molecule has 0 aromatic heterocycles. The van der Waals surface area contributed by atoms with Crippen molar-refractivity contribution in [1.82, 2.24) is 0 Å². The topological polar surface area (TPSA) is 20.2 Å². The van der Waals surface area contributed by atoms with Gasteiger partial charge in [0.1, 0.15) is 11.6 Å². The molecule has 1 atom stereocenters. The number of halogens is 4. The molecule has 100 valence electrons. The van der Waals surface area contributed by atoms with Crippen molar-refractivity contribution in [3.05, 3.63) is 68.1 Å². The van der Waals surface area contributed by atoms with E-state index in [0.29, 0.717) is 4.47 Å². The van der Waals surface area contributed by atoms with Gasteiger partial charge in [0, 0.05) is 15.4 Å². The average molecular weight is 392 g/mol. The van der Waals surface area contributed by atoms with Gasteiger partial charge in [-0.15, -0.1) is 0 Å². The number of hydrogen-bond acceptors (Lipinski definition) is 1. The van der Waals surface area contributed by atoms with Crippen molar-refractivity contribution in [3.63, 3.8) is 0 Å². The summed E-state index contributed by atoms with van der Waals surface area (Å²) in [5.41, 5.74) is 0.503. The van der Waals surface area contributed by atoms with Crippen LogP contribution < -0.4 is 0 Å². The summed E-state index contributed by atoms with van der Waals surface area (Å²) in [6, 6.07) is 9.50. The summed E-state index contributed by atoms with van der Waals surface area (Å²) in [6.07, 6.45) is -1.06. The number of benzene rings is 2. The van der Waals surface area contributed by atoms with Gasteiger partial charge in [-0.05, 0) is 29.8 Å². The van der Waals surface area contributed by atoms with E-state index in [2.05, 4.69) is 31.9 Å². The zero-order valence-electron chi connectivity index (χ0n) is 9.71. The van der Waals surface area contributed by atoms with E-state index in [4.69, 9.17) is 0 Å². The van der Waals surface area contributed by atoms with E-state index in [1.807, 2.05) is 12.1 Å². The predicted molar refractivity (Wildman–Crippen MR) is 76.9 cm³/mol. The van der Waals surface area contributed by atoms with Crippen molar-refractivity contribution in [2.24, 2.45) is 0 Å². The van der Waals surface area contributed by atoms with E-state index >= 15 is 0 Å². The average Bonchev–Trinajstić information content (AvgIpc) is 2.30. The number of aliphatic hydroxyl groups excluding tert-OH is 1. The standard InChI is InChI=1S/C14H10Br2F2O/c15-9-3-1-8(2-4-9)5-13(19)14-11(17)6-10(16)7-12(14)18/h1-4,6-7,13,19H,5H2. The second-order valence-electron chi connectivity index (χ2n) is 4.13. The minimum atomic E-state index is -1.21. The highest BCUT2D eigenvalue weighted by atomic mass is 79.9. The Kier molecular flexibility index (Phi) is 4.71. The number of aliphatic hydroxyl groups is 1. The lowest BCUT2D eigenvalue weighted by atomic mass is 10.0. The highest BCUT2D eigenvalue weighted by Gasteiger charge is 2.19. The third-order valence-corrected chi connectivity index (χ3v) is 3.71. The normalized spacial score (nSPS) is 12.5. The molecule has 0 saturated carbocycles. The fourth-order valence-corrected chi connectivity index (χ4v) is 2.48. The summed E-state index contributed by atoms with van der Waals surface area (Å²) < 4.78 is 28.6. The molecule has 1 unspecified atom stereocenters. The Morgan fingerprint density at radius 1 is 0.947 bits per heavy atom. The summed E-state index contributed by atoms with van der Waals surface area (Å²) in [5, 5.41) is 9.99. The van der Waals surface area contributed by atoms with E-state index in [-0.39, 0.29) is 12.0 Å². The Bertz CT molecular complexity index is 561. The third-order valence-electron chi connectivity index (χ3n) is 2.72. The SMILES string of the molecule is OC(Cc1ccc(Br)cc1)c1c(F)cc(Br)cc1F. The Morgan fingerprint density at radius 3 is 2.00 bits per heavy atom. The molecule has 19 heavy (non-hydrogen) atoms. The minimum absolute atomic E-state index is 0.156. The summed E-state index contributed by atoms with van der Waals surface area (Å²) in [7, 11) is 0. The molecule has 2 aromatic carbocycles. The highest BCUT2D eigenvalue weighted by Crippen LogP contribution is 2.27. The van der Waals surface area contributed by atoms with Gasteiger partial charge in [-0.25, -0.2) is 8.78 Å². The fourth-order valence-electron chi connectivity index (χ4n) is 1.82. The summed E-state index contributed by atoms with van der Waals surface area (Å²) in [5.74, 6) is -1.51. The van der Waals surface area contributed by atoms with Crippen LogP contribution in [0.2, 0.25) is 0 Å². The second kappa shape index (κ2) is 6.11. The van der Waals surface area contributed by atoms with Crippen LogP contribution >= 0.6 is 31.9 Å². The predicted octanol–water partition coefficient (Wildman–Crippen LogP) is 4.77. The molecular formula is C14H10Br2F2O. The molecule has 0 saturated heterocycles. The Balaban J connectivity index is 2.25. The first kappa shape index (κ1) is 14.6. The molecule has 1 nitrogen and oxygen atoms in total. The number of hydrogen-bond donors (Lipinski definition) is 1. The molecule has 1 N–H and O–H groups in total. The van der Waals surface area contributed by atoms with Gasteiger partial charge in [0.2, 0.25) is 0 Å². The van der Waals surface area contributed by atoms with E-state index in [1.165, 1.54) is 0 Å². The van der Waals surface area contributed by atoms with Crippen molar-refractivity contribution >= 4 is 31.9 Å². The van der Waals surface area contributed by atoms with Gasteiger partial charge in [-0.3, -0.25) is 0 Å². The Morgan fingerprint density at radius 2 is 1.47 bits per heavy atom. The van der Waals surface area contributed by atoms with Crippen LogP contribution in [0.15, 0.2) is 45.3 Å².